The Kier molecular flexibility index (Phi) is 2.95. The minimum Gasteiger partial charge on any atom is -0.343 e. The van der Waals surface area contributed by atoms with E-state index in [2.05, 4.69) is 22.4 Å². The van der Waals surface area contributed by atoms with Crippen molar-refractivity contribution < 1.29 is 4.84 Å². The lowest BCUT2D eigenvalue weighted by Gasteiger charge is -2.06. The molecule has 0 bridgehead atoms. The second-order valence-electron chi connectivity index (χ2n) is 3.39. The molecule has 0 unspecified atom stereocenters. The highest BCUT2D eigenvalue weighted by molar-refractivity contribution is 6.31. The normalized spacial score (nSPS) is 11.1. The summed E-state index contributed by atoms with van der Waals surface area (Å²) in [6.45, 7) is 3.40. The molecular weight excluding hydrogens is 212 g/mol. The zero-order chi connectivity index (χ0) is 10.8. The maximum absolute atomic E-state index is 5.94. The van der Waals surface area contributed by atoms with Crippen LogP contribution in [0, 0.1) is 0 Å². The van der Waals surface area contributed by atoms with E-state index in [9.17, 15) is 0 Å². The molecule has 0 spiro atoms. The summed E-state index contributed by atoms with van der Waals surface area (Å²) in [4.78, 5) is 4.68. The Bertz CT molecular complexity index is 479. The van der Waals surface area contributed by atoms with Crippen molar-refractivity contribution in [2.24, 2.45) is 5.90 Å². The summed E-state index contributed by atoms with van der Waals surface area (Å²) >= 11 is 5.94. The Labute approximate surface area is 93.3 Å². The first-order valence-corrected chi connectivity index (χ1v) is 5.23. The molecule has 1 heterocycles. The van der Waals surface area contributed by atoms with Crippen molar-refractivity contribution in [2.75, 3.05) is 0 Å². The Morgan fingerprint density at radius 2 is 2.20 bits per heavy atom. The van der Waals surface area contributed by atoms with Crippen molar-refractivity contribution >= 4 is 22.5 Å². The Hall–Kier alpha value is -1.03. The van der Waals surface area contributed by atoms with Gasteiger partial charge in [-0.15, -0.1) is 0 Å². The van der Waals surface area contributed by atoms with Crippen molar-refractivity contribution in [3.05, 3.63) is 35.0 Å². The van der Waals surface area contributed by atoms with E-state index in [0.717, 1.165) is 28.2 Å². The minimum absolute atomic E-state index is 0.417. The molecule has 2 aromatic rings. The fourth-order valence-corrected chi connectivity index (χ4v) is 2.06. The number of nitrogens with zero attached hydrogens (tertiary/aromatic N) is 1. The van der Waals surface area contributed by atoms with Gasteiger partial charge in [-0.2, -0.15) is 0 Å². The van der Waals surface area contributed by atoms with Crippen LogP contribution in [0.1, 0.15) is 12.6 Å². The predicted molar refractivity (Wildman–Crippen MR) is 61.6 cm³/mol. The van der Waals surface area contributed by atoms with Crippen LogP contribution in [0.15, 0.2) is 24.3 Å². The van der Waals surface area contributed by atoms with E-state index in [-0.39, 0.29) is 0 Å². The molecule has 3 nitrogen and oxygen atoms in total. The van der Waals surface area contributed by atoms with Crippen LogP contribution in [0.4, 0.5) is 0 Å². The van der Waals surface area contributed by atoms with Crippen LogP contribution in [0.2, 0.25) is 5.02 Å². The summed E-state index contributed by atoms with van der Waals surface area (Å²) in [5, 5.41) is 1.87. The lowest BCUT2D eigenvalue weighted by atomic mass is 10.2. The van der Waals surface area contributed by atoms with Crippen LogP contribution >= 0.6 is 11.6 Å². The molecule has 80 valence electrons. The van der Waals surface area contributed by atoms with Crippen LogP contribution in [0.25, 0.3) is 10.9 Å². The van der Waals surface area contributed by atoms with Gasteiger partial charge in [0.1, 0.15) is 6.61 Å². The molecule has 2 N–H and O–H groups in total. The molecular formula is C11H13ClN2O. The van der Waals surface area contributed by atoms with E-state index in [1.807, 2.05) is 18.2 Å². The average molecular weight is 225 g/mol. The van der Waals surface area contributed by atoms with Gasteiger partial charge < -0.3 is 4.57 Å². The number of halogens is 1. The number of hydrogen-bond donors (Lipinski definition) is 1. The summed E-state index contributed by atoms with van der Waals surface area (Å²) in [5.74, 6) is 5.10. The first kappa shape index (κ1) is 10.5. The molecule has 0 saturated heterocycles. The van der Waals surface area contributed by atoms with Crippen molar-refractivity contribution in [3.8, 4) is 0 Å². The highest BCUT2D eigenvalue weighted by Crippen LogP contribution is 2.23. The van der Waals surface area contributed by atoms with Crippen LogP contribution in [0.3, 0.4) is 0 Å². The maximum atomic E-state index is 5.94. The van der Waals surface area contributed by atoms with Gasteiger partial charge in [0.05, 0.1) is 0 Å². The van der Waals surface area contributed by atoms with Gasteiger partial charge in [0.2, 0.25) is 0 Å². The fourth-order valence-electron chi connectivity index (χ4n) is 1.88. The largest absolute Gasteiger partial charge is 0.343 e. The standard InChI is InChI=1S/C11H13ClN2O/c1-2-14-10(7-15-13)6-8-5-9(12)3-4-11(8)14/h3-6H,2,7,13H2,1H3. The van der Waals surface area contributed by atoms with Gasteiger partial charge in [0, 0.05) is 28.2 Å². The molecule has 0 fully saturated rings. The molecule has 1 aromatic carbocycles. The predicted octanol–water partition coefficient (Wildman–Crippen LogP) is 2.70. The van der Waals surface area contributed by atoms with Crippen LogP contribution < -0.4 is 5.90 Å². The maximum Gasteiger partial charge on any atom is 0.108 e. The van der Waals surface area contributed by atoms with E-state index in [1.54, 1.807) is 0 Å². The lowest BCUT2D eigenvalue weighted by molar-refractivity contribution is 0.119. The van der Waals surface area contributed by atoms with Gasteiger partial charge >= 0.3 is 0 Å². The van der Waals surface area contributed by atoms with Crippen molar-refractivity contribution in [1.82, 2.24) is 4.57 Å². The second kappa shape index (κ2) is 4.23. The third kappa shape index (κ3) is 1.86. The third-order valence-corrected chi connectivity index (χ3v) is 2.73. The quantitative estimate of drug-likeness (QED) is 0.815. The first-order valence-electron chi connectivity index (χ1n) is 4.85. The zero-order valence-electron chi connectivity index (χ0n) is 8.53. The van der Waals surface area contributed by atoms with Gasteiger partial charge in [-0.05, 0) is 31.2 Å². The molecule has 0 saturated carbocycles. The van der Waals surface area contributed by atoms with Gasteiger partial charge in [-0.3, -0.25) is 4.84 Å². The average Bonchev–Trinajstić information content (AvgIpc) is 2.54. The van der Waals surface area contributed by atoms with E-state index in [0.29, 0.717) is 6.61 Å². The number of nitrogens with two attached hydrogens (primary N) is 1. The van der Waals surface area contributed by atoms with E-state index >= 15 is 0 Å². The number of aryl methyl sites for hydroxylation is 1. The van der Waals surface area contributed by atoms with E-state index in [1.165, 1.54) is 0 Å². The molecule has 0 aliphatic heterocycles. The monoisotopic (exact) mass is 224 g/mol. The molecule has 2 rings (SSSR count). The molecule has 4 heteroatoms. The van der Waals surface area contributed by atoms with Gasteiger partial charge in [0.25, 0.3) is 0 Å². The SMILES string of the molecule is CCn1c(CON)cc2cc(Cl)ccc21. The molecule has 0 amide bonds. The van der Waals surface area contributed by atoms with Crippen LogP contribution in [-0.4, -0.2) is 4.57 Å². The summed E-state index contributed by atoms with van der Waals surface area (Å²) in [5.41, 5.74) is 2.23. The first-order chi connectivity index (χ1) is 7.26. The van der Waals surface area contributed by atoms with Crippen LogP contribution in [0.5, 0.6) is 0 Å². The van der Waals surface area contributed by atoms with Crippen molar-refractivity contribution in [2.45, 2.75) is 20.1 Å². The second-order valence-corrected chi connectivity index (χ2v) is 3.83. The zero-order valence-corrected chi connectivity index (χ0v) is 9.29. The lowest BCUT2D eigenvalue weighted by Crippen LogP contribution is -2.05. The Balaban J connectivity index is 2.62. The molecule has 0 aliphatic carbocycles. The topological polar surface area (TPSA) is 40.2 Å². The molecule has 15 heavy (non-hydrogen) atoms. The summed E-state index contributed by atoms with van der Waals surface area (Å²) in [6, 6.07) is 7.91. The van der Waals surface area contributed by atoms with Crippen molar-refractivity contribution in [1.29, 1.82) is 0 Å². The number of aromatic nitrogens is 1. The summed E-state index contributed by atoms with van der Waals surface area (Å²) in [6.07, 6.45) is 0. The van der Waals surface area contributed by atoms with Gasteiger partial charge in [-0.25, -0.2) is 5.90 Å². The summed E-state index contributed by atoms with van der Waals surface area (Å²) in [7, 11) is 0. The third-order valence-electron chi connectivity index (χ3n) is 2.50. The van der Waals surface area contributed by atoms with Crippen molar-refractivity contribution in [3.63, 3.8) is 0 Å². The smallest absolute Gasteiger partial charge is 0.108 e. The van der Waals surface area contributed by atoms with E-state index < -0.39 is 0 Å². The highest BCUT2D eigenvalue weighted by Gasteiger charge is 2.07. The minimum atomic E-state index is 0.417. The number of hydrogen-bond acceptors (Lipinski definition) is 2. The van der Waals surface area contributed by atoms with Gasteiger partial charge in [-0.1, -0.05) is 11.6 Å². The molecule has 0 aliphatic rings. The fraction of sp³-hybridized carbons (Fsp3) is 0.273. The summed E-state index contributed by atoms with van der Waals surface area (Å²) < 4.78 is 2.17. The van der Waals surface area contributed by atoms with Gasteiger partial charge in [0.15, 0.2) is 0 Å². The Morgan fingerprint density at radius 1 is 1.40 bits per heavy atom. The molecule has 1 aromatic heterocycles. The molecule has 0 atom stereocenters. The number of rotatable bonds is 3. The van der Waals surface area contributed by atoms with E-state index in [4.69, 9.17) is 17.5 Å². The Morgan fingerprint density at radius 3 is 2.87 bits per heavy atom. The van der Waals surface area contributed by atoms with Crippen LogP contribution in [-0.2, 0) is 18.0 Å². The molecule has 0 radical (unpaired) electrons. The number of benzene rings is 1. The number of fused-ring (bicyclic) bond motifs is 1. The highest BCUT2D eigenvalue weighted by atomic mass is 35.5.